The van der Waals surface area contributed by atoms with Crippen LogP contribution in [0.3, 0.4) is 0 Å². The number of allylic oxidation sites excluding steroid dienone is 22. The molecule has 1 atom stereocenters. The molecule has 0 aliphatic carbocycles. The molecule has 83 heavy (non-hydrogen) atoms. The van der Waals surface area contributed by atoms with Crippen molar-refractivity contribution in [3.63, 3.8) is 0 Å². The van der Waals surface area contributed by atoms with Crippen LogP contribution in [0.5, 0.6) is 0 Å². The minimum atomic E-state index is -0.805. The Bertz CT molecular complexity index is 1750. The van der Waals surface area contributed by atoms with Crippen molar-refractivity contribution in [3.8, 4) is 0 Å². The van der Waals surface area contributed by atoms with E-state index in [1.165, 1.54) is 148 Å². The first kappa shape index (κ1) is 78.5. The molecule has 472 valence electrons. The molecule has 0 radical (unpaired) electrons. The predicted molar refractivity (Wildman–Crippen MR) is 362 cm³/mol. The summed E-state index contributed by atoms with van der Waals surface area (Å²) in [6.45, 7) is 6.45. The molecule has 0 rings (SSSR count). The molecule has 0 bridgehead atoms. The van der Waals surface area contributed by atoms with Crippen LogP contribution in [0.2, 0.25) is 0 Å². The van der Waals surface area contributed by atoms with E-state index >= 15 is 0 Å². The highest BCUT2D eigenvalue weighted by atomic mass is 16.6. The summed E-state index contributed by atoms with van der Waals surface area (Å²) in [5.41, 5.74) is 0. The van der Waals surface area contributed by atoms with Gasteiger partial charge in [-0.3, -0.25) is 14.4 Å². The summed E-state index contributed by atoms with van der Waals surface area (Å²) in [4.78, 5) is 38.3. The maximum Gasteiger partial charge on any atom is 0.306 e. The van der Waals surface area contributed by atoms with Gasteiger partial charge in [-0.1, -0.05) is 296 Å². The summed E-state index contributed by atoms with van der Waals surface area (Å²) < 4.78 is 16.9. The van der Waals surface area contributed by atoms with E-state index in [1.54, 1.807) is 0 Å². The molecule has 0 fully saturated rings. The second kappa shape index (κ2) is 70.0. The average Bonchev–Trinajstić information content (AvgIpc) is 3.48. The smallest absolute Gasteiger partial charge is 0.306 e. The molecular formula is C77H128O6. The maximum absolute atomic E-state index is 12.9. The molecule has 0 N–H and O–H groups in total. The Kier molecular flexibility index (Phi) is 66.3. The number of hydrogen-bond donors (Lipinski definition) is 0. The quantitative estimate of drug-likeness (QED) is 0.0261. The van der Waals surface area contributed by atoms with Gasteiger partial charge in [0.25, 0.3) is 0 Å². The highest BCUT2D eigenvalue weighted by molar-refractivity contribution is 5.71. The topological polar surface area (TPSA) is 78.9 Å². The fraction of sp³-hybridized carbons (Fsp3) is 0.675. The Morgan fingerprint density at radius 2 is 0.482 bits per heavy atom. The van der Waals surface area contributed by atoms with Crippen LogP contribution >= 0.6 is 0 Å². The van der Waals surface area contributed by atoms with Crippen LogP contribution in [0.25, 0.3) is 0 Å². The number of hydrogen-bond acceptors (Lipinski definition) is 6. The molecule has 0 spiro atoms. The van der Waals surface area contributed by atoms with Crippen LogP contribution in [0.4, 0.5) is 0 Å². The molecule has 1 unspecified atom stereocenters. The van der Waals surface area contributed by atoms with E-state index in [1.807, 2.05) is 0 Å². The van der Waals surface area contributed by atoms with Crippen molar-refractivity contribution < 1.29 is 28.6 Å². The maximum atomic E-state index is 12.9. The number of esters is 3. The van der Waals surface area contributed by atoms with Gasteiger partial charge in [0, 0.05) is 19.3 Å². The summed E-state index contributed by atoms with van der Waals surface area (Å²) in [6, 6.07) is 0. The van der Waals surface area contributed by atoms with Gasteiger partial charge in [-0.05, 0) is 135 Å². The van der Waals surface area contributed by atoms with Gasteiger partial charge in [-0.2, -0.15) is 0 Å². The molecule has 0 aromatic rings. The third kappa shape index (κ3) is 68.2. The van der Waals surface area contributed by atoms with Crippen LogP contribution in [-0.2, 0) is 28.6 Å². The van der Waals surface area contributed by atoms with Crippen LogP contribution in [0.15, 0.2) is 134 Å². The average molecular weight is 1150 g/mol. The molecule has 0 heterocycles. The lowest BCUT2D eigenvalue weighted by atomic mass is 10.0. The van der Waals surface area contributed by atoms with Gasteiger partial charge >= 0.3 is 17.9 Å². The van der Waals surface area contributed by atoms with Crippen molar-refractivity contribution in [2.24, 2.45) is 0 Å². The van der Waals surface area contributed by atoms with Crippen molar-refractivity contribution in [2.45, 2.75) is 322 Å². The van der Waals surface area contributed by atoms with Gasteiger partial charge < -0.3 is 14.2 Å². The summed E-state index contributed by atoms with van der Waals surface area (Å²) >= 11 is 0. The zero-order valence-corrected chi connectivity index (χ0v) is 54.2. The lowest BCUT2D eigenvalue weighted by molar-refractivity contribution is -0.167. The molecule has 0 amide bonds. The summed E-state index contributed by atoms with van der Waals surface area (Å²) in [7, 11) is 0. The summed E-state index contributed by atoms with van der Waals surface area (Å²) in [5, 5.41) is 0. The van der Waals surface area contributed by atoms with Crippen molar-refractivity contribution in [1.82, 2.24) is 0 Å². The molecule has 0 aromatic carbocycles. The fourth-order valence-electron chi connectivity index (χ4n) is 9.41. The zero-order valence-electron chi connectivity index (χ0n) is 54.2. The molecule has 6 nitrogen and oxygen atoms in total. The Labute approximate surface area is 513 Å². The van der Waals surface area contributed by atoms with E-state index in [4.69, 9.17) is 14.2 Å². The molecular weight excluding hydrogens is 1020 g/mol. The van der Waals surface area contributed by atoms with E-state index < -0.39 is 6.10 Å². The SMILES string of the molecule is CC/C=C\C/C=C\C/C=C\C/C=C\C/C=C\C/C=C\C/C=C\C/C=C\CCCCC(=O)OCC(COC(=O)CCCCCCC/C=C\CCCC)OC(=O)CCCCCCCCCCCCCCCCC/C=C\C/C=C\CCCCCCC. The molecule has 0 aromatic heterocycles. The van der Waals surface area contributed by atoms with Gasteiger partial charge in [0.05, 0.1) is 0 Å². The van der Waals surface area contributed by atoms with Gasteiger partial charge in [0.1, 0.15) is 13.2 Å². The number of rotatable bonds is 62. The van der Waals surface area contributed by atoms with Crippen LogP contribution in [-0.4, -0.2) is 37.2 Å². The molecule has 0 aliphatic rings. The molecule has 6 heteroatoms. The van der Waals surface area contributed by atoms with Crippen molar-refractivity contribution in [1.29, 1.82) is 0 Å². The highest BCUT2D eigenvalue weighted by Gasteiger charge is 2.19. The third-order valence-electron chi connectivity index (χ3n) is 14.6. The minimum absolute atomic E-state index is 0.0984. The first-order valence-corrected chi connectivity index (χ1v) is 34.7. The Balaban J connectivity index is 4.34. The lowest BCUT2D eigenvalue weighted by Gasteiger charge is -2.18. The largest absolute Gasteiger partial charge is 0.462 e. The van der Waals surface area contributed by atoms with Crippen molar-refractivity contribution in [3.05, 3.63) is 134 Å². The molecule has 0 saturated heterocycles. The summed E-state index contributed by atoms with van der Waals surface area (Å²) in [6.07, 6.45) is 99.1. The monoisotopic (exact) mass is 1150 g/mol. The van der Waals surface area contributed by atoms with Crippen LogP contribution in [0, 0.1) is 0 Å². The Hall–Kier alpha value is -4.45. The Morgan fingerprint density at radius 1 is 0.253 bits per heavy atom. The van der Waals surface area contributed by atoms with E-state index in [9.17, 15) is 14.4 Å². The van der Waals surface area contributed by atoms with Gasteiger partial charge in [-0.25, -0.2) is 0 Å². The van der Waals surface area contributed by atoms with E-state index in [2.05, 4.69) is 154 Å². The molecule has 0 saturated carbocycles. The Morgan fingerprint density at radius 3 is 0.807 bits per heavy atom. The van der Waals surface area contributed by atoms with Crippen molar-refractivity contribution in [2.75, 3.05) is 13.2 Å². The van der Waals surface area contributed by atoms with E-state index in [0.29, 0.717) is 25.7 Å². The highest BCUT2D eigenvalue weighted by Crippen LogP contribution is 2.16. The first-order valence-electron chi connectivity index (χ1n) is 34.7. The van der Waals surface area contributed by atoms with Crippen molar-refractivity contribution >= 4 is 17.9 Å². The van der Waals surface area contributed by atoms with Gasteiger partial charge in [0.15, 0.2) is 6.10 Å². The number of ether oxygens (including phenoxy) is 3. The lowest BCUT2D eigenvalue weighted by Crippen LogP contribution is -2.30. The standard InChI is InChI=1S/C77H128O6/c1-4-7-10-13-16-19-22-24-26-28-30-32-34-36-38-40-42-44-46-48-50-52-55-58-61-64-67-70-76(79)82-73-74(72-81-75(78)69-66-63-60-57-54-21-18-15-12-9-6-3)83-77(80)71-68-65-62-59-56-53-51-49-47-45-43-41-39-37-35-33-31-29-27-25-23-20-17-14-11-8-5-2/h7,10,15-16,18-19,23-26,29-32,36,38,42,44,48,50,55,58,74H,4-6,8-9,11-14,17,20-22,27-28,33-35,37,39-41,43,45-47,49,51-54,56-57,59-73H2,1-3H3/b10-7-,18-15-,19-16-,25-23-,26-24-,31-29-,32-30-,38-36-,44-42-,50-48-,58-55-. The number of unbranched alkanes of at least 4 members (excludes halogenated alkanes) is 29. The second-order valence-corrected chi connectivity index (χ2v) is 22.7. The molecule has 0 aliphatic heterocycles. The first-order chi connectivity index (χ1) is 41.0. The van der Waals surface area contributed by atoms with Gasteiger partial charge in [-0.15, -0.1) is 0 Å². The second-order valence-electron chi connectivity index (χ2n) is 22.7. The number of carbonyl (C=O) groups is 3. The number of carbonyl (C=O) groups excluding carboxylic acids is 3. The van der Waals surface area contributed by atoms with E-state index in [-0.39, 0.29) is 31.1 Å². The predicted octanol–water partition coefficient (Wildman–Crippen LogP) is 24.1. The van der Waals surface area contributed by atoms with Gasteiger partial charge in [0.2, 0.25) is 0 Å². The third-order valence-corrected chi connectivity index (χ3v) is 14.6. The fourth-order valence-corrected chi connectivity index (χ4v) is 9.41. The normalized spacial score (nSPS) is 13.0. The van der Waals surface area contributed by atoms with Crippen LogP contribution in [0.1, 0.15) is 316 Å². The minimum Gasteiger partial charge on any atom is -0.462 e. The van der Waals surface area contributed by atoms with Crippen LogP contribution < -0.4 is 0 Å². The summed E-state index contributed by atoms with van der Waals surface area (Å²) in [5.74, 6) is -0.947. The van der Waals surface area contributed by atoms with E-state index in [0.717, 1.165) is 122 Å². The zero-order chi connectivity index (χ0) is 59.9.